The molecular formula is C17H17NO. The smallest absolute Gasteiger partial charge is 0.258 e. The topological polar surface area (TPSA) is 20.3 Å². The number of hydrogen-bond acceptors (Lipinski definition) is 1. The normalized spacial score (nSPS) is 9.95. The van der Waals surface area contributed by atoms with Crippen LogP contribution in [-0.4, -0.2) is 12.5 Å². The minimum atomic E-state index is -0.00481. The largest absolute Gasteiger partial charge is 0.305 e. The van der Waals surface area contributed by atoms with E-state index in [9.17, 15) is 4.79 Å². The zero-order valence-corrected chi connectivity index (χ0v) is 11.0. The Morgan fingerprint density at radius 1 is 1.16 bits per heavy atom. The van der Waals surface area contributed by atoms with Gasteiger partial charge >= 0.3 is 0 Å². The van der Waals surface area contributed by atoms with Gasteiger partial charge in [0.25, 0.3) is 5.91 Å². The lowest BCUT2D eigenvalue weighted by molar-refractivity contribution is 0.0989. The second-order valence-electron chi connectivity index (χ2n) is 4.41. The molecule has 0 N–H and O–H groups in total. The van der Waals surface area contributed by atoms with Crippen LogP contribution in [0.1, 0.15) is 15.9 Å². The third-order valence-corrected chi connectivity index (χ3v) is 2.89. The Labute approximate surface area is 114 Å². The van der Waals surface area contributed by atoms with Crippen molar-refractivity contribution in [1.29, 1.82) is 0 Å². The predicted octanol–water partition coefficient (Wildman–Crippen LogP) is 3.83. The summed E-state index contributed by atoms with van der Waals surface area (Å²) in [5.74, 6) is -0.00481. The Balaban J connectivity index is 2.34. The Bertz CT molecular complexity index is 575. The van der Waals surface area contributed by atoms with Crippen LogP contribution in [0.3, 0.4) is 0 Å². The second-order valence-corrected chi connectivity index (χ2v) is 4.41. The minimum Gasteiger partial charge on any atom is -0.305 e. The van der Waals surface area contributed by atoms with Crippen LogP contribution >= 0.6 is 0 Å². The summed E-state index contributed by atoms with van der Waals surface area (Å²) >= 11 is 0. The quantitative estimate of drug-likeness (QED) is 0.756. The first-order valence-corrected chi connectivity index (χ1v) is 6.27. The van der Waals surface area contributed by atoms with Gasteiger partial charge in [-0.15, -0.1) is 6.58 Å². The summed E-state index contributed by atoms with van der Waals surface area (Å²) in [6.45, 7) is 6.21. The van der Waals surface area contributed by atoms with E-state index in [1.165, 1.54) is 0 Å². The van der Waals surface area contributed by atoms with Gasteiger partial charge in [0.2, 0.25) is 0 Å². The average Bonchev–Trinajstić information content (AvgIpc) is 2.45. The van der Waals surface area contributed by atoms with Crippen molar-refractivity contribution in [2.24, 2.45) is 0 Å². The van der Waals surface area contributed by atoms with Crippen molar-refractivity contribution >= 4 is 11.6 Å². The molecule has 0 bridgehead atoms. The minimum absolute atomic E-state index is 0.00481. The maximum absolute atomic E-state index is 12.6. The summed E-state index contributed by atoms with van der Waals surface area (Å²) in [4.78, 5) is 14.3. The Morgan fingerprint density at radius 2 is 1.89 bits per heavy atom. The number of carbonyl (C=O) groups excluding carboxylic acids is 1. The Morgan fingerprint density at radius 3 is 2.53 bits per heavy atom. The van der Waals surface area contributed by atoms with Crippen molar-refractivity contribution in [3.8, 4) is 0 Å². The molecule has 0 aliphatic heterocycles. The van der Waals surface area contributed by atoms with Gasteiger partial charge in [-0.2, -0.15) is 0 Å². The summed E-state index contributed by atoms with van der Waals surface area (Å²) < 4.78 is 0. The summed E-state index contributed by atoms with van der Waals surface area (Å²) in [5.41, 5.74) is 2.66. The number of benzene rings is 2. The fourth-order valence-corrected chi connectivity index (χ4v) is 1.98. The lowest BCUT2D eigenvalue weighted by Crippen LogP contribution is -2.31. The van der Waals surface area contributed by atoms with Crippen molar-refractivity contribution < 1.29 is 4.79 Å². The molecule has 2 aromatic carbocycles. The van der Waals surface area contributed by atoms with E-state index in [0.29, 0.717) is 12.1 Å². The molecule has 0 heterocycles. The molecule has 0 unspecified atom stereocenters. The second kappa shape index (κ2) is 6.01. The SMILES string of the molecule is C=CCN(C(=O)c1cccc(C)c1)c1ccccc1. The number of nitrogens with zero attached hydrogens (tertiary/aromatic N) is 1. The summed E-state index contributed by atoms with van der Waals surface area (Å²) in [7, 11) is 0. The van der Waals surface area contributed by atoms with Gasteiger partial charge in [-0.3, -0.25) is 4.79 Å². The maximum Gasteiger partial charge on any atom is 0.258 e. The molecule has 0 saturated heterocycles. The van der Waals surface area contributed by atoms with Crippen LogP contribution in [0.4, 0.5) is 5.69 Å². The number of anilines is 1. The number of hydrogen-bond donors (Lipinski definition) is 0. The molecule has 2 aromatic rings. The van der Waals surface area contributed by atoms with E-state index >= 15 is 0 Å². The highest BCUT2D eigenvalue weighted by Gasteiger charge is 2.16. The molecule has 0 atom stereocenters. The fraction of sp³-hybridized carbons (Fsp3) is 0.118. The van der Waals surface area contributed by atoms with Gasteiger partial charge in [-0.05, 0) is 31.2 Å². The van der Waals surface area contributed by atoms with Crippen LogP contribution in [0.15, 0.2) is 67.3 Å². The highest BCUT2D eigenvalue weighted by atomic mass is 16.2. The molecule has 19 heavy (non-hydrogen) atoms. The van der Waals surface area contributed by atoms with Crippen molar-refractivity contribution in [3.63, 3.8) is 0 Å². The van der Waals surface area contributed by atoms with Gasteiger partial charge in [0.15, 0.2) is 0 Å². The number of para-hydroxylation sites is 1. The fourth-order valence-electron chi connectivity index (χ4n) is 1.98. The monoisotopic (exact) mass is 251 g/mol. The molecule has 0 saturated carbocycles. The molecule has 0 aliphatic carbocycles. The molecule has 0 fully saturated rings. The van der Waals surface area contributed by atoms with E-state index in [-0.39, 0.29) is 5.91 Å². The zero-order valence-electron chi connectivity index (χ0n) is 11.0. The van der Waals surface area contributed by atoms with Crippen molar-refractivity contribution in [2.75, 3.05) is 11.4 Å². The molecule has 2 nitrogen and oxygen atoms in total. The third-order valence-electron chi connectivity index (χ3n) is 2.89. The van der Waals surface area contributed by atoms with Crippen LogP contribution in [0.5, 0.6) is 0 Å². The number of rotatable bonds is 4. The summed E-state index contributed by atoms with van der Waals surface area (Å²) in [5, 5.41) is 0. The molecule has 0 aromatic heterocycles. The van der Waals surface area contributed by atoms with Crippen molar-refractivity contribution in [2.45, 2.75) is 6.92 Å². The first kappa shape index (κ1) is 13.1. The predicted molar refractivity (Wildman–Crippen MR) is 79.5 cm³/mol. The first-order chi connectivity index (χ1) is 9.22. The first-order valence-electron chi connectivity index (χ1n) is 6.27. The lowest BCUT2D eigenvalue weighted by atomic mass is 10.1. The Kier molecular flexibility index (Phi) is 4.14. The van der Waals surface area contributed by atoms with Crippen molar-refractivity contribution in [3.05, 3.63) is 78.4 Å². The van der Waals surface area contributed by atoms with Crippen LogP contribution in [-0.2, 0) is 0 Å². The van der Waals surface area contributed by atoms with E-state index in [0.717, 1.165) is 11.3 Å². The van der Waals surface area contributed by atoms with E-state index in [2.05, 4.69) is 6.58 Å². The molecule has 0 radical (unpaired) electrons. The van der Waals surface area contributed by atoms with Crippen molar-refractivity contribution in [1.82, 2.24) is 0 Å². The van der Waals surface area contributed by atoms with E-state index in [1.807, 2.05) is 61.5 Å². The van der Waals surface area contributed by atoms with E-state index in [1.54, 1.807) is 11.0 Å². The van der Waals surface area contributed by atoms with Gasteiger partial charge in [0.05, 0.1) is 0 Å². The number of aryl methyl sites for hydroxylation is 1. The van der Waals surface area contributed by atoms with Gasteiger partial charge in [0, 0.05) is 17.8 Å². The van der Waals surface area contributed by atoms with E-state index < -0.39 is 0 Å². The van der Waals surface area contributed by atoms with Crippen LogP contribution in [0.25, 0.3) is 0 Å². The highest BCUT2D eigenvalue weighted by molar-refractivity contribution is 6.06. The summed E-state index contributed by atoms with van der Waals surface area (Å²) in [6.07, 6.45) is 1.74. The number of carbonyl (C=O) groups is 1. The molecule has 96 valence electrons. The molecule has 0 aliphatic rings. The molecule has 1 amide bonds. The molecule has 0 spiro atoms. The van der Waals surface area contributed by atoms with Crippen LogP contribution < -0.4 is 4.90 Å². The van der Waals surface area contributed by atoms with Crippen LogP contribution in [0.2, 0.25) is 0 Å². The number of amides is 1. The molecular weight excluding hydrogens is 234 g/mol. The molecule has 2 rings (SSSR count). The van der Waals surface area contributed by atoms with Crippen LogP contribution in [0, 0.1) is 6.92 Å². The lowest BCUT2D eigenvalue weighted by Gasteiger charge is -2.21. The summed E-state index contributed by atoms with van der Waals surface area (Å²) in [6, 6.07) is 17.3. The van der Waals surface area contributed by atoms with E-state index in [4.69, 9.17) is 0 Å². The standard InChI is InChI=1S/C17H17NO/c1-3-12-18(16-10-5-4-6-11-16)17(19)15-9-7-8-14(2)13-15/h3-11,13H,1,12H2,2H3. The van der Waals surface area contributed by atoms with Gasteiger partial charge in [-0.1, -0.05) is 42.0 Å². The third kappa shape index (κ3) is 3.10. The molecule has 2 heteroatoms. The van der Waals surface area contributed by atoms with Gasteiger partial charge in [0.1, 0.15) is 0 Å². The van der Waals surface area contributed by atoms with Gasteiger partial charge < -0.3 is 4.90 Å². The van der Waals surface area contributed by atoms with Gasteiger partial charge in [-0.25, -0.2) is 0 Å². The highest BCUT2D eigenvalue weighted by Crippen LogP contribution is 2.17. The zero-order chi connectivity index (χ0) is 13.7. The maximum atomic E-state index is 12.6. The average molecular weight is 251 g/mol. The Hall–Kier alpha value is -2.35.